The van der Waals surface area contributed by atoms with Crippen molar-refractivity contribution in [1.29, 1.82) is 0 Å². The van der Waals surface area contributed by atoms with Crippen molar-refractivity contribution in [3.63, 3.8) is 0 Å². The number of halogens is 2. The van der Waals surface area contributed by atoms with Crippen LogP contribution in [0.25, 0.3) is 9.93 Å². The van der Waals surface area contributed by atoms with E-state index >= 15 is 0 Å². The second-order valence-electron chi connectivity index (χ2n) is 7.41. The SMILES string of the molecule is CC1=C(C)SC(=c2sc3n(c2=O)[C@H](c2ccccc2)C=C(c2ccc(OC(F)F)cc2)N=3)S1. The first-order chi connectivity index (χ1) is 15.9. The minimum atomic E-state index is -2.87. The van der Waals surface area contributed by atoms with Crippen molar-refractivity contribution in [3.8, 4) is 5.75 Å². The Kier molecular flexibility index (Phi) is 6.03. The van der Waals surface area contributed by atoms with Crippen molar-refractivity contribution in [3.05, 3.63) is 101 Å². The number of alkyl halides is 2. The predicted molar refractivity (Wildman–Crippen MR) is 132 cm³/mol. The van der Waals surface area contributed by atoms with Crippen LogP contribution in [0.1, 0.15) is 31.0 Å². The van der Waals surface area contributed by atoms with Crippen molar-refractivity contribution in [2.24, 2.45) is 4.99 Å². The molecule has 0 saturated heterocycles. The van der Waals surface area contributed by atoms with E-state index in [9.17, 15) is 13.6 Å². The quantitative estimate of drug-likeness (QED) is 0.470. The lowest BCUT2D eigenvalue weighted by atomic mass is 10.0. The van der Waals surface area contributed by atoms with Crippen molar-refractivity contribution in [2.75, 3.05) is 0 Å². The molecule has 9 heteroatoms. The molecule has 0 unspecified atom stereocenters. The maximum atomic E-state index is 13.5. The molecule has 2 aromatic carbocycles. The normalized spacial score (nSPS) is 17.8. The fourth-order valence-corrected chi connectivity index (χ4v) is 7.36. The van der Waals surface area contributed by atoms with E-state index in [0.717, 1.165) is 15.4 Å². The summed E-state index contributed by atoms with van der Waals surface area (Å²) in [7, 11) is 0. The van der Waals surface area contributed by atoms with Gasteiger partial charge in [-0.3, -0.25) is 9.36 Å². The molecule has 33 heavy (non-hydrogen) atoms. The summed E-state index contributed by atoms with van der Waals surface area (Å²) in [4.78, 5) is 21.3. The minimum Gasteiger partial charge on any atom is -0.435 e. The second kappa shape index (κ2) is 8.96. The van der Waals surface area contributed by atoms with Crippen LogP contribution in [0.4, 0.5) is 8.78 Å². The molecule has 168 valence electrons. The zero-order valence-electron chi connectivity index (χ0n) is 17.6. The summed E-state index contributed by atoms with van der Waals surface area (Å²) in [5, 5.41) is 0. The van der Waals surface area contributed by atoms with Crippen LogP contribution >= 0.6 is 34.9 Å². The van der Waals surface area contributed by atoms with Crippen LogP contribution in [0.15, 0.2) is 80.3 Å². The Hall–Kier alpha value is -2.62. The molecule has 0 fully saturated rings. The van der Waals surface area contributed by atoms with Crippen LogP contribution in [0, 0.1) is 0 Å². The zero-order valence-corrected chi connectivity index (χ0v) is 20.1. The largest absolute Gasteiger partial charge is 0.435 e. The first-order valence-electron chi connectivity index (χ1n) is 10.1. The monoisotopic (exact) mass is 500 g/mol. The molecule has 1 aromatic heterocycles. The summed E-state index contributed by atoms with van der Waals surface area (Å²) in [5.74, 6) is 0.0880. The zero-order chi connectivity index (χ0) is 23.1. The van der Waals surface area contributed by atoms with Crippen LogP contribution in [0.5, 0.6) is 5.75 Å². The highest BCUT2D eigenvalue weighted by atomic mass is 32.2. The van der Waals surface area contributed by atoms with Gasteiger partial charge in [-0.1, -0.05) is 65.2 Å². The number of allylic oxidation sites excluding steroid dienone is 3. The summed E-state index contributed by atoms with van der Waals surface area (Å²) in [5.41, 5.74) is 2.36. The summed E-state index contributed by atoms with van der Waals surface area (Å²) in [6.07, 6.45) is 1.94. The van der Waals surface area contributed by atoms with Gasteiger partial charge in [0.25, 0.3) is 5.56 Å². The molecule has 3 heterocycles. The lowest BCUT2D eigenvalue weighted by molar-refractivity contribution is -0.0498. The van der Waals surface area contributed by atoms with Gasteiger partial charge in [0.2, 0.25) is 0 Å². The summed E-state index contributed by atoms with van der Waals surface area (Å²) in [6.45, 7) is 1.24. The first kappa shape index (κ1) is 22.2. The molecule has 3 aromatic rings. The van der Waals surface area contributed by atoms with E-state index in [-0.39, 0.29) is 17.4 Å². The van der Waals surface area contributed by atoms with E-state index in [2.05, 4.69) is 18.6 Å². The molecule has 0 bridgehead atoms. The molecule has 0 aliphatic carbocycles. The Balaban J connectivity index is 1.66. The van der Waals surface area contributed by atoms with Crippen molar-refractivity contribution >= 4 is 44.8 Å². The van der Waals surface area contributed by atoms with Gasteiger partial charge >= 0.3 is 6.61 Å². The maximum absolute atomic E-state index is 13.5. The van der Waals surface area contributed by atoms with E-state index in [1.807, 2.05) is 36.4 Å². The minimum absolute atomic E-state index is 0.0546. The molecule has 4 nitrogen and oxygen atoms in total. The number of hydrogen-bond donors (Lipinski definition) is 0. The number of hydrogen-bond acceptors (Lipinski definition) is 6. The fraction of sp³-hybridized carbons (Fsp3) is 0.167. The molecular formula is C24H18F2N2O2S3. The predicted octanol–water partition coefficient (Wildman–Crippen LogP) is 5.57. The van der Waals surface area contributed by atoms with Crippen molar-refractivity contribution in [2.45, 2.75) is 26.5 Å². The van der Waals surface area contributed by atoms with Gasteiger partial charge in [0, 0.05) is 5.56 Å². The molecule has 0 spiro atoms. The van der Waals surface area contributed by atoms with E-state index < -0.39 is 6.61 Å². The topological polar surface area (TPSA) is 43.6 Å². The Bertz CT molecular complexity index is 1440. The van der Waals surface area contributed by atoms with Crippen LogP contribution in [-0.2, 0) is 0 Å². The Morgan fingerprint density at radius 1 is 1.00 bits per heavy atom. The van der Waals surface area contributed by atoms with Gasteiger partial charge in [-0.25, -0.2) is 4.99 Å². The van der Waals surface area contributed by atoms with Crippen LogP contribution in [0.2, 0.25) is 0 Å². The van der Waals surface area contributed by atoms with Crippen molar-refractivity contribution in [1.82, 2.24) is 4.57 Å². The average molecular weight is 501 g/mol. The molecular weight excluding hydrogens is 482 g/mol. The number of thiazole rings is 1. The van der Waals surface area contributed by atoms with Gasteiger partial charge in [0.15, 0.2) is 4.80 Å². The molecule has 0 saturated carbocycles. The number of nitrogens with zero attached hydrogens (tertiary/aromatic N) is 2. The van der Waals surface area contributed by atoms with E-state index in [1.54, 1.807) is 40.2 Å². The second-order valence-corrected chi connectivity index (χ2v) is 11.1. The number of ether oxygens (including phenoxy) is 1. The van der Waals surface area contributed by atoms with Gasteiger partial charge in [-0.05, 0) is 59.6 Å². The van der Waals surface area contributed by atoms with E-state index in [0.29, 0.717) is 15.0 Å². The highest BCUT2D eigenvalue weighted by Gasteiger charge is 2.25. The number of aromatic nitrogens is 1. The van der Waals surface area contributed by atoms with E-state index in [1.165, 1.54) is 33.3 Å². The lowest BCUT2D eigenvalue weighted by Crippen LogP contribution is -2.36. The molecule has 2 aliphatic rings. The van der Waals surface area contributed by atoms with Crippen LogP contribution in [0.3, 0.4) is 0 Å². The Labute approximate surface area is 201 Å². The highest BCUT2D eigenvalue weighted by molar-refractivity contribution is 8.35. The Morgan fingerprint density at radius 3 is 2.30 bits per heavy atom. The smallest absolute Gasteiger partial charge is 0.387 e. The van der Waals surface area contributed by atoms with E-state index in [4.69, 9.17) is 4.99 Å². The number of fused-ring (bicyclic) bond motifs is 1. The van der Waals surface area contributed by atoms with Gasteiger partial charge in [0.05, 0.1) is 16.0 Å². The Morgan fingerprint density at radius 2 is 1.67 bits per heavy atom. The van der Waals surface area contributed by atoms with Gasteiger partial charge in [0.1, 0.15) is 10.3 Å². The lowest BCUT2D eigenvalue weighted by Gasteiger charge is -2.19. The van der Waals surface area contributed by atoms with Gasteiger partial charge in [-0.15, -0.1) is 0 Å². The molecule has 1 atom stereocenters. The summed E-state index contributed by atoms with van der Waals surface area (Å²) in [6, 6.07) is 15.9. The van der Waals surface area contributed by atoms with Gasteiger partial charge in [-0.2, -0.15) is 8.78 Å². The van der Waals surface area contributed by atoms with Crippen LogP contribution in [-0.4, -0.2) is 11.2 Å². The van der Waals surface area contributed by atoms with Crippen molar-refractivity contribution < 1.29 is 13.5 Å². The molecule has 0 radical (unpaired) electrons. The summed E-state index contributed by atoms with van der Waals surface area (Å²) < 4.78 is 32.9. The third-order valence-electron chi connectivity index (χ3n) is 5.31. The third kappa shape index (κ3) is 4.32. The third-order valence-corrected chi connectivity index (χ3v) is 9.26. The van der Waals surface area contributed by atoms with Gasteiger partial charge < -0.3 is 4.74 Å². The number of benzene rings is 2. The highest BCUT2D eigenvalue weighted by Crippen LogP contribution is 2.48. The maximum Gasteiger partial charge on any atom is 0.387 e. The molecule has 0 amide bonds. The number of rotatable bonds is 4. The molecule has 0 N–H and O–H groups in total. The average Bonchev–Trinajstić information content (AvgIpc) is 3.32. The van der Waals surface area contributed by atoms with Crippen LogP contribution < -0.4 is 19.6 Å². The number of thioether (sulfide) groups is 2. The first-order valence-corrected chi connectivity index (χ1v) is 12.5. The fourth-order valence-electron chi connectivity index (χ4n) is 3.59. The summed E-state index contributed by atoms with van der Waals surface area (Å²) >= 11 is 4.64. The standard InChI is InChI=1S/C24H18F2N2O2S3/c1-13-14(2)32-22(31-13)20-21(29)28-19(16-6-4-3-5-7-16)12-18(27-24(28)33-20)15-8-10-17(11-9-15)30-23(25)26/h3-12,19,23H,1-2H3/t19-/m0/s1. The molecule has 5 rings (SSSR count). The molecule has 2 aliphatic heterocycles.